The summed E-state index contributed by atoms with van der Waals surface area (Å²) in [6.45, 7) is 9.13. The van der Waals surface area contributed by atoms with Crippen LogP contribution < -0.4 is 5.32 Å². The molecule has 1 aromatic rings. The Kier molecular flexibility index (Phi) is 5.96. The van der Waals surface area contributed by atoms with E-state index in [-0.39, 0.29) is 0 Å². The molecule has 0 spiro atoms. The molecule has 86 valence electrons. The van der Waals surface area contributed by atoms with Gasteiger partial charge in [-0.15, -0.1) is 11.3 Å². The smallest absolute Gasteiger partial charge is 0.00915 e. The van der Waals surface area contributed by atoms with Gasteiger partial charge in [0.2, 0.25) is 0 Å². The van der Waals surface area contributed by atoms with E-state index in [0.717, 1.165) is 19.0 Å². The summed E-state index contributed by atoms with van der Waals surface area (Å²) in [4.78, 5) is 1.54. The van der Waals surface area contributed by atoms with E-state index < -0.39 is 0 Å². The Morgan fingerprint density at radius 2 is 2.20 bits per heavy atom. The molecular formula is C13H23NS. The van der Waals surface area contributed by atoms with Crippen molar-refractivity contribution in [1.82, 2.24) is 5.32 Å². The highest BCUT2D eigenvalue weighted by atomic mass is 32.1. The van der Waals surface area contributed by atoms with Gasteiger partial charge in [-0.05, 0) is 30.3 Å². The van der Waals surface area contributed by atoms with Crippen molar-refractivity contribution in [2.45, 2.75) is 39.5 Å². The minimum absolute atomic E-state index is 0.696. The van der Waals surface area contributed by atoms with E-state index in [2.05, 4.69) is 43.6 Å². The fraction of sp³-hybridized carbons (Fsp3) is 0.692. The van der Waals surface area contributed by atoms with Crippen LogP contribution >= 0.6 is 11.3 Å². The van der Waals surface area contributed by atoms with Crippen molar-refractivity contribution in [3.63, 3.8) is 0 Å². The van der Waals surface area contributed by atoms with Crippen LogP contribution in [0.4, 0.5) is 0 Å². The molecule has 2 heteroatoms. The monoisotopic (exact) mass is 225 g/mol. The lowest BCUT2D eigenvalue weighted by atomic mass is 9.90. The van der Waals surface area contributed by atoms with Crippen LogP contribution in [-0.4, -0.2) is 13.1 Å². The molecule has 0 aliphatic rings. The van der Waals surface area contributed by atoms with E-state index in [1.807, 2.05) is 11.3 Å². The van der Waals surface area contributed by atoms with E-state index in [1.54, 1.807) is 0 Å². The Morgan fingerprint density at radius 1 is 1.40 bits per heavy atom. The molecule has 0 radical (unpaired) electrons. The summed E-state index contributed by atoms with van der Waals surface area (Å²) >= 11 is 1.89. The topological polar surface area (TPSA) is 12.0 Å². The maximum Gasteiger partial charge on any atom is 0.00915 e. The zero-order valence-corrected chi connectivity index (χ0v) is 10.9. The van der Waals surface area contributed by atoms with Crippen molar-refractivity contribution in [2.24, 2.45) is 5.92 Å². The van der Waals surface area contributed by atoms with Gasteiger partial charge in [0, 0.05) is 17.3 Å². The molecule has 0 amide bonds. The molecule has 0 saturated carbocycles. The van der Waals surface area contributed by atoms with Gasteiger partial charge in [0.15, 0.2) is 0 Å². The second-order valence-electron chi connectivity index (χ2n) is 4.21. The first-order chi connectivity index (χ1) is 7.29. The van der Waals surface area contributed by atoms with Gasteiger partial charge >= 0.3 is 0 Å². The van der Waals surface area contributed by atoms with E-state index in [1.165, 1.54) is 17.7 Å². The van der Waals surface area contributed by atoms with E-state index in [9.17, 15) is 0 Å². The van der Waals surface area contributed by atoms with Crippen LogP contribution in [0, 0.1) is 5.92 Å². The lowest BCUT2D eigenvalue weighted by Crippen LogP contribution is -2.25. The Morgan fingerprint density at radius 3 is 2.73 bits per heavy atom. The minimum Gasteiger partial charge on any atom is -0.316 e. The molecule has 0 aliphatic heterocycles. The van der Waals surface area contributed by atoms with Crippen LogP contribution in [0.1, 0.15) is 44.4 Å². The lowest BCUT2D eigenvalue weighted by molar-refractivity contribution is 0.426. The highest BCUT2D eigenvalue weighted by Crippen LogP contribution is 2.29. The minimum atomic E-state index is 0.696. The van der Waals surface area contributed by atoms with Crippen molar-refractivity contribution in [2.75, 3.05) is 13.1 Å². The van der Waals surface area contributed by atoms with E-state index in [0.29, 0.717) is 5.92 Å². The van der Waals surface area contributed by atoms with Gasteiger partial charge in [-0.3, -0.25) is 0 Å². The summed E-state index contributed by atoms with van der Waals surface area (Å²) in [5, 5.41) is 5.73. The summed E-state index contributed by atoms with van der Waals surface area (Å²) in [6, 6.07) is 4.43. The number of nitrogens with one attached hydrogen (secondary N) is 1. The first-order valence-electron chi connectivity index (χ1n) is 6.03. The maximum absolute atomic E-state index is 3.55. The van der Waals surface area contributed by atoms with Gasteiger partial charge in [0.05, 0.1) is 0 Å². The van der Waals surface area contributed by atoms with Crippen molar-refractivity contribution in [3.8, 4) is 0 Å². The largest absolute Gasteiger partial charge is 0.316 e. The zero-order valence-electron chi connectivity index (χ0n) is 10.1. The molecule has 15 heavy (non-hydrogen) atoms. The first kappa shape index (κ1) is 12.7. The third-order valence-electron chi connectivity index (χ3n) is 3.03. The number of hydrogen-bond acceptors (Lipinski definition) is 2. The average molecular weight is 225 g/mol. The SMILES string of the molecule is CCCNCC(c1cccs1)C(C)CC. The van der Waals surface area contributed by atoms with Crippen LogP contribution in [0.2, 0.25) is 0 Å². The molecule has 1 aromatic heterocycles. The number of rotatable bonds is 7. The summed E-state index contributed by atoms with van der Waals surface area (Å²) in [6.07, 6.45) is 2.48. The van der Waals surface area contributed by atoms with Crippen LogP contribution in [0.25, 0.3) is 0 Å². The quantitative estimate of drug-likeness (QED) is 0.694. The molecule has 1 rings (SSSR count). The Hall–Kier alpha value is -0.340. The Bertz CT molecular complexity index is 243. The fourth-order valence-electron chi connectivity index (χ4n) is 1.80. The Labute approximate surface area is 97.9 Å². The van der Waals surface area contributed by atoms with Gasteiger partial charge < -0.3 is 5.32 Å². The van der Waals surface area contributed by atoms with Crippen LogP contribution in [-0.2, 0) is 0 Å². The van der Waals surface area contributed by atoms with Crippen molar-refractivity contribution < 1.29 is 0 Å². The Balaban J connectivity index is 2.54. The van der Waals surface area contributed by atoms with Gasteiger partial charge in [-0.2, -0.15) is 0 Å². The van der Waals surface area contributed by atoms with Crippen LogP contribution in [0.5, 0.6) is 0 Å². The van der Waals surface area contributed by atoms with Crippen molar-refractivity contribution >= 4 is 11.3 Å². The highest BCUT2D eigenvalue weighted by Gasteiger charge is 2.18. The predicted molar refractivity (Wildman–Crippen MR) is 69.7 cm³/mol. The molecule has 2 atom stereocenters. The molecule has 0 aliphatic carbocycles. The lowest BCUT2D eigenvalue weighted by Gasteiger charge is -2.22. The molecule has 2 unspecified atom stereocenters. The third-order valence-corrected chi connectivity index (χ3v) is 4.03. The summed E-state index contributed by atoms with van der Waals surface area (Å²) in [5.41, 5.74) is 0. The van der Waals surface area contributed by atoms with Crippen molar-refractivity contribution in [3.05, 3.63) is 22.4 Å². The highest BCUT2D eigenvalue weighted by molar-refractivity contribution is 7.10. The van der Waals surface area contributed by atoms with Crippen LogP contribution in [0.15, 0.2) is 17.5 Å². The molecule has 1 N–H and O–H groups in total. The molecular weight excluding hydrogens is 202 g/mol. The molecule has 1 heterocycles. The second-order valence-corrected chi connectivity index (χ2v) is 5.19. The summed E-state index contributed by atoms with van der Waals surface area (Å²) in [5.74, 6) is 1.47. The van der Waals surface area contributed by atoms with Crippen molar-refractivity contribution in [1.29, 1.82) is 0 Å². The molecule has 0 aromatic carbocycles. The van der Waals surface area contributed by atoms with Gasteiger partial charge in [0.1, 0.15) is 0 Å². The normalized spacial score (nSPS) is 15.1. The second kappa shape index (κ2) is 7.02. The number of hydrogen-bond donors (Lipinski definition) is 1. The standard InChI is InChI=1S/C13H23NS/c1-4-8-14-10-12(11(3)5-2)13-7-6-9-15-13/h6-7,9,11-12,14H,4-5,8,10H2,1-3H3. The maximum atomic E-state index is 3.55. The zero-order chi connectivity index (χ0) is 11.1. The van der Waals surface area contributed by atoms with Crippen LogP contribution in [0.3, 0.4) is 0 Å². The third kappa shape index (κ3) is 3.96. The average Bonchev–Trinajstić information content (AvgIpc) is 2.77. The van der Waals surface area contributed by atoms with Gasteiger partial charge in [-0.1, -0.05) is 33.3 Å². The predicted octanol–water partition coefficient (Wildman–Crippen LogP) is 3.88. The molecule has 0 saturated heterocycles. The summed E-state index contributed by atoms with van der Waals surface area (Å²) < 4.78 is 0. The number of thiophene rings is 1. The van der Waals surface area contributed by atoms with E-state index in [4.69, 9.17) is 0 Å². The molecule has 1 nitrogen and oxygen atoms in total. The summed E-state index contributed by atoms with van der Waals surface area (Å²) in [7, 11) is 0. The van der Waals surface area contributed by atoms with Gasteiger partial charge in [-0.25, -0.2) is 0 Å². The fourth-order valence-corrected chi connectivity index (χ4v) is 2.77. The molecule has 0 bridgehead atoms. The van der Waals surface area contributed by atoms with E-state index >= 15 is 0 Å². The first-order valence-corrected chi connectivity index (χ1v) is 6.91. The molecule has 0 fully saturated rings. The van der Waals surface area contributed by atoms with Gasteiger partial charge in [0.25, 0.3) is 0 Å².